The van der Waals surface area contributed by atoms with Crippen LogP contribution in [0.4, 0.5) is 9.18 Å². The van der Waals surface area contributed by atoms with Crippen molar-refractivity contribution in [2.75, 3.05) is 13.1 Å². The van der Waals surface area contributed by atoms with Crippen LogP contribution in [0.3, 0.4) is 0 Å². The molecule has 1 amide bonds. The van der Waals surface area contributed by atoms with Crippen LogP contribution in [0.15, 0.2) is 18.2 Å². The zero-order chi connectivity index (χ0) is 17.9. The molecule has 24 heavy (non-hydrogen) atoms. The number of benzene rings is 1. The van der Waals surface area contributed by atoms with Crippen molar-refractivity contribution in [3.05, 3.63) is 35.1 Å². The van der Waals surface area contributed by atoms with Crippen molar-refractivity contribution in [2.45, 2.75) is 58.7 Å². The number of carbonyl (C=O) groups excluding carboxylic acids is 1. The predicted octanol–water partition coefficient (Wildman–Crippen LogP) is 4.20. The van der Waals surface area contributed by atoms with Gasteiger partial charge in [0.15, 0.2) is 0 Å². The van der Waals surface area contributed by atoms with Gasteiger partial charge in [0.1, 0.15) is 11.4 Å². The first-order valence-electron chi connectivity index (χ1n) is 8.58. The quantitative estimate of drug-likeness (QED) is 0.899. The van der Waals surface area contributed by atoms with E-state index in [0.29, 0.717) is 36.6 Å². The van der Waals surface area contributed by atoms with Gasteiger partial charge in [-0.25, -0.2) is 9.18 Å². The number of likely N-dealkylation sites (tertiary alicyclic amines) is 1. The minimum absolute atomic E-state index is 0.276. The number of rotatable bonds is 3. The Bertz CT molecular complexity index is 574. The number of aryl methyl sites for hydroxylation is 1. The Labute approximate surface area is 143 Å². The lowest BCUT2D eigenvalue weighted by Gasteiger charge is -2.34. The topological polar surface area (TPSA) is 49.8 Å². The molecule has 1 aromatic rings. The molecule has 4 nitrogen and oxygen atoms in total. The van der Waals surface area contributed by atoms with E-state index in [1.165, 1.54) is 6.07 Å². The standard InChI is InChI=1S/C19H28FNO3/c1-13-5-6-15(12-16(13)20)17(22)11-14-7-9-21(10-8-14)18(23)24-19(2,3)4/h5-6,12,14,17,22H,7-11H2,1-4H3. The minimum Gasteiger partial charge on any atom is -0.444 e. The molecule has 0 spiro atoms. The molecule has 0 radical (unpaired) electrons. The highest BCUT2D eigenvalue weighted by Gasteiger charge is 2.28. The zero-order valence-electron chi connectivity index (χ0n) is 15.0. The maximum atomic E-state index is 13.6. The second-order valence-electron chi connectivity index (χ2n) is 7.67. The molecule has 1 fully saturated rings. The number of ether oxygens (including phenoxy) is 1. The van der Waals surface area contributed by atoms with Gasteiger partial charge in [-0.2, -0.15) is 0 Å². The van der Waals surface area contributed by atoms with Crippen molar-refractivity contribution in [1.82, 2.24) is 4.90 Å². The van der Waals surface area contributed by atoms with Crippen LogP contribution < -0.4 is 0 Å². The van der Waals surface area contributed by atoms with E-state index in [4.69, 9.17) is 4.74 Å². The first kappa shape index (κ1) is 18.7. The molecule has 1 unspecified atom stereocenters. The average molecular weight is 337 g/mol. The van der Waals surface area contributed by atoms with Gasteiger partial charge in [-0.3, -0.25) is 0 Å². The molecular formula is C19H28FNO3. The maximum Gasteiger partial charge on any atom is 0.410 e. The van der Waals surface area contributed by atoms with Gasteiger partial charge in [-0.1, -0.05) is 12.1 Å². The van der Waals surface area contributed by atoms with Crippen LogP contribution in [0.25, 0.3) is 0 Å². The van der Waals surface area contributed by atoms with Gasteiger partial charge < -0.3 is 14.7 Å². The molecular weight excluding hydrogens is 309 g/mol. The Morgan fingerprint density at radius 2 is 2.00 bits per heavy atom. The summed E-state index contributed by atoms with van der Waals surface area (Å²) < 4.78 is 19.0. The van der Waals surface area contributed by atoms with Crippen LogP contribution in [0.5, 0.6) is 0 Å². The summed E-state index contributed by atoms with van der Waals surface area (Å²) in [5.74, 6) is 0.0364. The summed E-state index contributed by atoms with van der Waals surface area (Å²) in [6.45, 7) is 8.54. The van der Waals surface area contributed by atoms with Crippen LogP contribution in [-0.4, -0.2) is 34.8 Å². The second-order valence-corrected chi connectivity index (χ2v) is 7.67. The lowest BCUT2D eigenvalue weighted by atomic mass is 9.89. The number of carbonyl (C=O) groups is 1. The van der Waals surface area contributed by atoms with Crippen molar-refractivity contribution < 1.29 is 19.0 Å². The number of hydrogen-bond donors (Lipinski definition) is 1. The molecule has 2 rings (SSSR count). The van der Waals surface area contributed by atoms with Gasteiger partial charge in [0, 0.05) is 13.1 Å². The van der Waals surface area contributed by atoms with Crippen molar-refractivity contribution in [1.29, 1.82) is 0 Å². The first-order valence-corrected chi connectivity index (χ1v) is 8.58. The summed E-state index contributed by atoms with van der Waals surface area (Å²) in [5.41, 5.74) is 0.712. The Morgan fingerprint density at radius 3 is 2.54 bits per heavy atom. The number of piperidine rings is 1. The van der Waals surface area contributed by atoms with Crippen molar-refractivity contribution in [2.24, 2.45) is 5.92 Å². The molecule has 1 aliphatic rings. The maximum absolute atomic E-state index is 13.6. The van der Waals surface area contributed by atoms with Gasteiger partial charge in [0.2, 0.25) is 0 Å². The van der Waals surface area contributed by atoms with E-state index in [0.717, 1.165) is 12.8 Å². The molecule has 0 saturated carbocycles. The second kappa shape index (κ2) is 7.51. The molecule has 5 heteroatoms. The molecule has 0 bridgehead atoms. The molecule has 1 N–H and O–H groups in total. The number of amides is 1. The highest BCUT2D eigenvalue weighted by molar-refractivity contribution is 5.68. The normalized spacial score (nSPS) is 17.7. The summed E-state index contributed by atoms with van der Waals surface area (Å²) in [6.07, 6.45) is 1.29. The van der Waals surface area contributed by atoms with E-state index in [1.807, 2.05) is 20.8 Å². The fraction of sp³-hybridized carbons (Fsp3) is 0.632. The molecule has 0 aliphatic carbocycles. The van der Waals surface area contributed by atoms with Crippen molar-refractivity contribution in [3.8, 4) is 0 Å². The van der Waals surface area contributed by atoms with E-state index in [1.54, 1.807) is 24.0 Å². The Kier molecular flexibility index (Phi) is 5.86. The lowest BCUT2D eigenvalue weighted by Crippen LogP contribution is -2.41. The Hall–Kier alpha value is -1.62. The average Bonchev–Trinajstić information content (AvgIpc) is 2.49. The number of halogens is 1. The molecule has 134 valence electrons. The summed E-state index contributed by atoms with van der Waals surface area (Å²) in [7, 11) is 0. The summed E-state index contributed by atoms with van der Waals surface area (Å²) >= 11 is 0. The van der Waals surface area contributed by atoms with E-state index < -0.39 is 11.7 Å². The first-order chi connectivity index (χ1) is 11.2. The van der Waals surface area contributed by atoms with Gasteiger partial charge in [-0.05, 0) is 70.1 Å². The summed E-state index contributed by atoms with van der Waals surface area (Å²) in [5, 5.41) is 10.3. The van der Waals surface area contributed by atoms with E-state index in [-0.39, 0.29) is 11.9 Å². The van der Waals surface area contributed by atoms with E-state index in [2.05, 4.69) is 0 Å². The smallest absolute Gasteiger partial charge is 0.410 e. The lowest BCUT2D eigenvalue weighted by molar-refractivity contribution is 0.0161. The van der Waals surface area contributed by atoms with E-state index in [9.17, 15) is 14.3 Å². The third kappa shape index (κ3) is 5.20. The van der Waals surface area contributed by atoms with Crippen LogP contribution in [0, 0.1) is 18.7 Å². The Balaban J connectivity index is 1.84. The van der Waals surface area contributed by atoms with Crippen LogP contribution in [-0.2, 0) is 4.74 Å². The van der Waals surface area contributed by atoms with Gasteiger partial charge in [0.25, 0.3) is 0 Å². The van der Waals surface area contributed by atoms with Crippen molar-refractivity contribution >= 4 is 6.09 Å². The minimum atomic E-state index is -0.668. The number of aliphatic hydroxyl groups is 1. The number of hydrogen-bond acceptors (Lipinski definition) is 3. The van der Waals surface area contributed by atoms with Gasteiger partial charge >= 0.3 is 6.09 Å². The fourth-order valence-corrected chi connectivity index (χ4v) is 2.95. The van der Waals surface area contributed by atoms with E-state index >= 15 is 0 Å². The SMILES string of the molecule is Cc1ccc(C(O)CC2CCN(C(=O)OC(C)(C)C)CC2)cc1F. The number of aliphatic hydroxyl groups excluding tert-OH is 1. The van der Waals surface area contributed by atoms with Crippen molar-refractivity contribution in [3.63, 3.8) is 0 Å². The van der Waals surface area contributed by atoms with Crippen LogP contribution in [0.2, 0.25) is 0 Å². The third-order valence-electron chi connectivity index (χ3n) is 4.40. The molecule has 1 aliphatic heterocycles. The third-order valence-corrected chi connectivity index (χ3v) is 4.40. The largest absolute Gasteiger partial charge is 0.444 e. The molecule has 1 heterocycles. The van der Waals surface area contributed by atoms with Crippen LogP contribution in [0.1, 0.15) is 57.3 Å². The highest BCUT2D eigenvalue weighted by atomic mass is 19.1. The molecule has 1 atom stereocenters. The molecule has 1 aromatic carbocycles. The molecule has 1 saturated heterocycles. The summed E-state index contributed by atoms with van der Waals surface area (Å²) in [6, 6.07) is 4.88. The van der Waals surface area contributed by atoms with Gasteiger partial charge in [0.05, 0.1) is 6.10 Å². The fourth-order valence-electron chi connectivity index (χ4n) is 2.95. The monoisotopic (exact) mass is 337 g/mol. The van der Waals surface area contributed by atoms with Gasteiger partial charge in [-0.15, -0.1) is 0 Å². The summed E-state index contributed by atoms with van der Waals surface area (Å²) in [4.78, 5) is 13.8. The predicted molar refractivity (Wildman–Crippen MR) is 91.2 cm³/mol. The highest BCUT2D eigenvalue weighted by Crippen LogP contribution is 2.29. The number of nitrogens with zero attached hydrogens (tertiary/aromatic N) is 1. The molecule has 0 aromatic heterocycles. The Morgan fingerprint density at radius 1 is 1.38 bits per heavy atom. The van der Waals surface area contributed by atoms with Crippen LogP contribution >= 0.6 is 0 Å². The zero-order valence-corrected chi connectivity index (χ0v) is 15.0.